The Bertz CT molecular complexity index is 1000. The molecule has 0 saturated carbocycles. The van der Waals surface area contributed by atoms with Crippen LogP contribution in [-0.4, -0.2) is 53.2 Å². The van der Waals surface area contributed by atoms with Gasteiger partial charge in [0.1, 0.15) is 17.7 Å². The summed E-state index contributed by atoms with van der Waals surface area (Å²) < 4.78 is 5.19. The topological polar surface area (TPSA) is 108 Å². The first-order chi connectivity index (χ1) is 16.1. The molecule has 0 spiro atoms. The number of hydrogen-bond acceptors (Lipinski definition) is 5. The lowest BCUT2D eigenvalue weighted by Gasteiger charge is -2.31. The molecule has 8 heteroatoms. The Morgan fingerprint density at radius 1 is 1.12 bits per heavy atom. The molecule has 182 valence electrons. The summed E-state index contributed by atoms with van der Waals surface area (Å²) in [7, 11) is 1.45. The van der Waals surface area contributed by atoms with Gasteiger partial charge in [-0.1, -0.05) is 61.2 Å². The number of aliphatic hydroxyl groups is 1. The molecule has 3 amide bonds. The van der Waals surface area contributed by atoms with Crippen LogP contribution in [0.5, 0.6) is 0 Å². The first-order valence-corrected chi connectivity index (χ1v) is 11.0. The normalized spacial score (nSPS) is 12.7. The van der Waals surface area contributed by atoms with Gasteiger partial charge in [0.05, 0.1) is 6.61 Å². The second-order valence-electron chi connectivity index (χ2n) is 8.81. The molecule has 2 rings (SSSR count). The standard InChI is InChI=1S/C26H33N3O5/c1-6-18-13-10-14-20(15-18)22(23(31)27-16-19-11-8-7-9-12-19)29(5)24(32)21(17-30)28-25(33)34-26(2,3)4/h6-15,21-22,30H,1,16-17H2,2-5H3,(H,27,31)(H,28,33). The second kappa shape index (κ2) is 12.0. The molecule has 2 unspecified atom stereocenters. The van der Waals surface area contributed by atoms with Crippen LogP contribution >= 0.6 is 0 Å². The molecule has 0 heterocycles. The van der Waals surface area contributed by atoms with Gasteiger partial charge >= 0.3 is 6.09 Å². The Morgan fingerprint density at radius 3 is 2.38 bits per heavy atom. The number of likely N-dealkylation sites (N-methyl/N-ethyl adjacent to an activating group) is 1. The molecular weight excluding hydrogens is 434 g/mol. The molecule has 0 fully saturated rings. The highest BCUT2D eigenvalue weighted by molar-refractivity contribution is 5.92. The molecule has 0 aliphatic rings. The molecule has 3 N–H and O–H groups in total. The van der Waals surface area contributed by atoms with Gasteiger partial charge in [-0.15, -0.1) is 0 Å². The van der Waals surface area contributed by atoms with Gasteiger partial charge in [0.15, 0.2) is 0 Å². The van der Waals surface area contributed by atoms with E-state index < -0.39 is 42.2 Å². The first-order valence-electron chi connectivity index (χ1n) is 11.0. The maximum absolute atomic E-state index is 13.3. The van der Waals surface area contributed by atoms with Gasteiger partial charge in [-0.25, -0.2) is 4.79 Å². The van der Waals surface area contributed by atoms with E-state index in [9.17, 15) is 19.5 Å². The maximum atomic E-state index is 13.3. The van der Waals surface area contributed by atoms with Crippen molar-refractivity contribution >= 4 is 24.0 Å². The molecule has 2 aromatic carbocycles. The number of hydrogen-bond donors (Lipinski definition) is 3. The summed E-state index contributed by atoms with van der Waals surface area (Å²) in [6.07, 6.45) is 0.803. The number of aliphatic hydroxyl groups excluding tert-OH is 1. The number of benzene rings is 2. The van der Waals surface area contributed by atoms with E-state index in [0.717, 1.165) is 11.1 Å². The highest BCUT2D eigenvalue weighted by Crippen LogP contribution is 2.23. The molecule has 0 radical (unpaired) electrons. The van der Waals surface area contributed by atoms with Crippen LogP contribution in [0.3, 0.4) is 0 Å². The van der Waals surface area contributed by atoms with Crippen LogP contribution in [-0.2, 0) is 20.9 Å². The summed E-state index contributed by atoms with van der Waals surface area (Å²) in [5.74, 6) is -1.05. The molecule has 0 bridgehead atoms. The maximum Gasteiger partial charge on any atom is 0.408 e. The van der Waals surface area contributed by atoms with Crippen molar-refractivity contribution in [2.45, 2.75) is 45.0 Å². The molecule has 0 aliphatic heterocycles. The van der Waals surface area contributed by atoms with Crippen molar-refractivity contribution in [1.29, 1.82) is 0 Å². The predicted octanol–water partition coefficient (Wildman–Crippen LogP) is 3.03. The van der Waals surface area contributed by atoms with E-state index in [1.165, 1.54) is 11.9 Å². The monoisotopic (exact) mass is 467 g/mol. The van der Waals surface area contributed by atoms with Crippen LogP contribution in [0.25, 0.3) is 6.08 Å². The number of rotatable bonds is 9. The molecular formula is C26H33N3O5. The zero-order valence-electron chi connectivity index (χ0n) is 20.1. The molecule has 0 aromatic heterocycles. The highest BCUT2D eigenvalue weighted by Gasteiger charge is 2.33. The largest absolute Gasteiger partial charge is 0.444 e. The quantitative estimate of drug-likeness (QED) is 0.525. The molecule has 34 heavy (non-hydrogen) atoms. The summed E-state index contributed by atoms with van der Waals surface area (Å²) >= 11 is 0. The van der Waals surface area contributed by atoms with E-state index in [1.54, 1.807) is 45.0 Å². The molecule has 0 saturated heterocycles. The number of carbonyl (C=O) groups excluding carboxylic acids is 3. The van der Waals surface area contributed by atoms with E-state index in [2.05, 4.69) is 17.2 Å². The van der Waals surface area contributed by atoms with Gasteiger partial charge in [-0.2, -0.15) is 0 Å². The number of ether oxygens (including phenoxy) is 1. The van der Waals surface area contributed by atoms with Crippen LogP contribution in [0.1, 0.15) is 43.5 Å². The Hall–Kier alpha value is -3.65. The van der Waals surface area contributed by atoms with Gasteiger partial charge in [0, 0.05) is 13.6 Å². The second-order valence-corrected chi connectivity index (χ2v) is 8.81. The minimum absolute atomic E-state index is 0.277. The van der Waals surface area contributed by atoms with Crippen LogP contribution in [0, 0.1) is 0 Å². The fourth-order valence-corrected chi connectivity index (χ4v) is 3.30. The number of carbonyl (C=O) groups is 3. The Morgan fingerprint density at radius 2 is 1.79 bits per heavy atom. The Balaban J connectivity index is 2.28. The molecule has 2 aromatic rings. The van der Waals surface area contributed by atoms with Crippen LogP contribution in [0.4, 0.5) is 4.79 Å². The smallest absolute Gasteiger partial charge is 0.408 e. The van der Waals surface area contributed by atoms with Gasteiger partial charge in [0.25, 0.3) is 0 Å². The number of nitrogens with zero attached hydrogens (tertiary/aromatic N) is 1. The van der Waals surface area contributed by atoms with Crippen molar-refractivity contribution in [3.8, 4) is 0 Å². The number of amides is 3. The minimum Gasteiger partial charge on any atom is -0.444 e. The Labute approximate surface area is 200 Å². The molecule has 0 aliphatic carbocycles. The van der Waals surface area contributed by atoms with E-state index in [4.69, 9.17) is 4.74 Å². The van der Waals surface area contributed by atoms with E-state index in [0.29, 0.717) is 5.56 Å². The van der Waals surface area contributed by atoms with Crippen molar-refractivity contribution in [2.75, 3.05) is 13.7 Å². The third-order valence-corrected chi connectivity index (χ3v) is 4.93. The van der Waals surface area contributed by atoms with Gasteiger partial charge < -0.3 is 25.4 Å². The fourth-order valence-electron chi connectivity index (χ4n) is 3.30. The van der Waals surface area contributed by atoms with Crippen molar-refractivity contribution in [1.82, 2.24) is 15.5 Å². The lowest BCUT2D eigenvalue weighted by molar-refractivity contribution is -0.141. The van der Waals surface area contributed by atoms with Crippen molar-refractivity contribution in [3.05, 3.63) is 77.9 Å². The molecule has 2 atom stereocenters. The summed E-state index contributed by atoms with van der Waals surface area (Å²) in [6.45, 7) is 8.44. The number of alkyl carbamates (subject to hydrolysis) is 1. The van der Waals surface area contributed by atoms with Gasteiger partial charge in [0.2, 0.25) is 11.8 Å². The third kappa shape index (κ3) is 7.74. The lowest BCUT2D eigenvalue weighted by atomic mass is 10.0. The Kier molecular flexibility index (Phi) is 9.38. The van der Waals surface area contributed by atoms with Crippen molar-refractivity contribution in [2.24, 2.45) is 0 Å². The lowest BCUT2D eigenvalue weighted by Crippen LogP contribution is -2.53. The van der Waals surface area contributed by atoms with Crippen LogP contribution < -0.4 is 10.6 Å². The number of nitrogens with one attached hydrogen (secondary N) is 2. The van der Waals surface area contributed by atoms with Crippen LogP contribution in [0.15, 0.2) is 61.2 Å². The zero-order chi connectivity index (χ0) is 25.3. The summed E-state index contributed by atoms with van der Waals surface area (Å²) in [6, 6.07) is 14.2. The van der Waals surface area contributed by atoms with E-state index in [1.807, 2.05) is 36.4 Å². The molecule has 8 nitrogen and oxygen atoms in total. The fraction of sp³-hybridized carbons (Fsp3) is 0.346. The average Bonchev–Trinajstić information content (AvgIpc) is 2.80. The summed E-state index contributed by atoms with van der Waals surface area (Å²) in [4.78, 5) is 39.9. The third-order valence-electron chi connectivity index (χ3n) is 4.93. The minimum atomic E-state index is -1.29. The summed E-state index contributed by atoms with van der Waals surface area (Å²) in [5.41, 5.74) is 1.48. The average molecular weight is 468 g/mol. The summed E-state index contributed by atoms with van der Waals surface area (Å²) in [5, 5.41) is 15.0. The highest BCUT2D eigenvalue weighted by atomic mass is 16.6. The van der Waals surface area contributed by atoms with E-state index in [-0.39, 0.29) is 6.54 Å². The SMILES string of the molecule is C=Cc1cccc(C(C(=O)NCc2ccccc2)N(C)C(=O)C(CO)NC(=O)OC(C)(C)C)c1. The first kappa shape index (κ1) is 26.6. The predicted molar refractivity (Wildman–Crippen MR) is 131 cm³/mol. The van der Waals surface area contributed by atoms with Crippen molar-refractivity contribution < 1.29 is 24.2 Å². The van der Waals surface area contributed by atoms with Gasteiger partial charge in [-0.3, -0.25) is 9.59 Å². The van der Waals surface area contributed by atoms with Crippen LogP contribution in [0.2, 0.25) is 0 Å². The van der Waals surface area contributed by atoms with E-state index >= 15 is 0 Å². The van der Waals surface area contributed by atoms with Crippen molar-refractivity contribution in [3.63, 3.8) is 0 Å². The van der Waals surface area contributed by atoms with Gasteiger partial charge in [-0.05, 0) is 43.5 Å². The zero-order valence-corrected chi connectivity index (χ0v) is 20.1.